The van der Waals surface area contributed by atoms with Crippen molar-refractivity contribution in [3.05, 3.63) is 35.4 Å². The van der Waals surface area contributed by atoms with E-state index in [2.05, 4.69) is 5.32 Å². The van der Waals surface area contributed by atoms with Crippen LogP contribution in [0.15, 0.2) is 18.2 Å². The molecule has 1 N–H and O–H groups in total. The van der Waals surface area contributed by atoms with Crippen LogP contribution >= 0.6 is 12.4 Å². The SMILES string of the molecule is CN(C(=O)c1cc(F)ccc1F)C1CCCNC1.Cl. The van der Waals surface area contributed by atoms with Gasteiger partial charge in [-0.25, -0.2) is 8.78 Å². The molecule has 1 saturated heterocycles. The van der Waals surface area contributed by atoms with Gasteiger partial charge in [-0.2, -0.15) is 0 Å². The normalized spacial score (nSPS) is 18.6. The van der Waals surface area contributed by atoms with Crippen molar-refractivity contribution < 1.29 is 13.6 Å². The summed E-state index contributed by atoms with van der Waals surface area (Å²) in [4.78, 5) is 13.6. The highest BCUT2D eigenvalue weighted by Gasteiger charge is 2.24. The van der Waals surface area contributed by atoms with E-state index in [-0.39, 0.29) is 24.0 Å². The van der Waals surface area contributed by atoms with Gasteiger partial charge in [0.1, 0.15) is 11.6 Å². The Hall–Kier alpha value is -1.20. The smallest absolute Gasteiger partial charge is 0.256 e. The molecule has 1 aromatic carbocycles. The van der Waals surface area contributed by atoms with Gasteiger partial charge >= 0.3 is 0 Å². The third-order valence-corrected chi connectivity index (χ3v) is 3.30. The van der Waals surface area contributed by atoms with Gasteiger partial charge in [-0.15, -0.1) is 12.4 Å². The van der Waals surface area contributed by atoms with Gasteiger partial charge in [0.25, 0.3) is 5.91 Å². The largest absolute Gasteiger partial charge is 0.337 e. The van der Waals surface area contributed by atoms with Gasteiger partial charge in [0.2, 0.25) is 0 Å². The Balaban J connectivity index is 0.00000180. The molecule has 1 aromatic rings. The Morgan fingerprint density at radius 1 is 1.42 bits per heavy atom. The summed E-state index contributed by atoms with van der Waals surface area (Å²) in [7, 11) is 1.63. The lowest BCUT2D eigenvalue weighted by Gasteiger charge is -2.31. The fourth-order valence-corrected chi connectivity index (χ4v) is 2.18. The minimum atomic E-state index is -0.683. The van der Waals surface area contributed by atoms with Crippen LogP contribution in [0.4, 0.5) is 8.78 Å². The van der Waals surface area contributed by atoms with Crippen molar-refractivity contribution in [2.75, 3.05) is 20.1 Å². The standard InChI is InChI=1S/C13H16F2N2O.ClH/c1-17(10-3-2-6-16-8-10)13(18)11-7-9(14)4-5-12(11)15;/h4-5,7,10,16H,2-3,6,8H2,1H3;1H. The van der Waals surface area contributed by atoms with Gasteiger partial charge in [-0.3, -0.25) is 4.79 Å². The van der Waals surface area contributed by atoms with E-state index < -0.39 is 17.5 Å². The summed E-state index contributed by atoms with van der Waals surface area (Å²) in [6.45, 7) is 1.63. The lowest BCUT2D eigenvalue weighted by Crippen LogP contribution is -2.46. The molecule has 2 rings (SSSR count). The van der Waals surface area contributed by atoms with Crippen LogP contribution in [0.1, 0.15) is 23.2 Å². The molecular weight excluding hydrogens is 274 g/mol. The lowest BCUT2D eigenvalue weighted by atomic mass is 10.0. The second-order valence-electron chi connectivity index (χ2n) is 4.54. The van der Waals surface area contributed by atoms with E-state index in [1.807, 2.05) is 0 Å². The van der Waals surface area contributed by atoms with Gasteiger partial charge in [0.05, 0.1) is 5.56 Å². The Kier molecular flexibility index (Phi) is 5.69. The highest BCUT2D eigenvalue weighted by atomic mass is 35.5. The third-order valence-electron chi connectivity index (χ3n) is 3.30. The minimum absolute atomic E-state index is 0. The second kappa shape index (κ2) is 6.82. The van der Waals surface area contributed by atoms with Crippen LogP contribution in [0.3, 0.4) is 0 Å². The number of halogens is 3. The molecule has 0 spiro atoms. The maximum absolute atomic E-state index is 13.5. The fraction of sp³-hybridized carbons (Fsp3) is 0.462. The molecule has 0 aliphatic carbocycles. The number of carbonyl (C=O) groups excluding carboxylic acids is 1. The van der Waals surface area contributed by atoms with E-state index in [1.165, 1.54) is 4.90 Å². The van der Waals surface area contributed by atoms with Gasteiger partial charge in [0.15, 0.2) is 0 Å². The van der Waals surface area contributed by atoms with Gasteiger partial charge in [-0.05, 0) is 37.6 Å². The highest BCUT2D eigenvalue weighted by Crippen LogP contribution is 2.16. The number of rotatable bonds is 2. The molecule has 19 heavy (non-hydrogen) atoms. The van der Waals surface area contributed by atoms with Crippen LogP contribution in [-0.4, -0.2) is 37.0 Å². The fourth-order valence-electron chi connectivity index (χ4n) is 2.18. The quantitative estimate of drug-likeness (QED) is 0.906. The molecule has 1 amide bonds. The molecule has 1 heterocycles. The third kappa shape index (κ3) is 3.64. The minimum Gasteiger partial charge on any atom is -0.337 e. The Morgan fingerprint density at radius 3 is 2.79 bits per heavy atom. The zero-order chi connectivity index (χ0) is 13.1. The summed E-state index contributed by atoms with van der Waals surface area (Å²) in [5, 5.41) is 3.19. The first-order chi connectivity index (χ1) is 8.59. The summed E-state index contributed by atoms with van der Waals surface area (Å²) >= 11 is 0. The number of hydrogen-bond acceptors (Lipinski definition) is 2. The summed E-state index contributed by atoms with van der Waals surface area (Å²) in [6.07, 6.45) is 1.86. The van der Waals surface area contributed by atoms with E-state index in [4.69, 9.17) is 0 Å². The molecule has 1 aliphatic heterocycles. The van der Waals surface area contributed by atoms with E-state index in [0.717, 1.165) is 37.6 Å². The maximum Gasteiger partial charge on any atom is 0.256 e. The summed E-state index contributed by atoms with van der Waals surface area (Å²) in [5.74, 6) is -1.76. The highest BCUT2D eigenvalue weighted by molar-refractivity contribution is 5.94. The van der Waals surface area contributed by atoms with Crippen LogP contribution in [0.2, 0.25) is 0 Å². The molecule has 6 heteroatoms. The first kappa shape index (κ1) is 15.9. The molecule has 106 valence electrons. The molecule has 1 unspecified atom stereocenters. The second-order valence-corrected chi connectivity index (χ2v) is 4.54. The first-order valence-corrected chi connectivity index (χ1v) is 6.02. The number of carbonyl (C=O) groups is 1. The molecular formula is C13H17ClF2N2O. The summed E-state index contributed by atoms with van der Waals surface area (Å²) in [5.41, 5.74) is -0.205. The predicted octanol–water partition coefficient (Wildman–Crippen LogP) is 2.21. The van der Waals surface area contributed by atoms with Crippen molar-refractivity contribution >= 4 is 18.3 Å². The van der Waals surface area contributed by atoms with Gasteiger partial charge < -0.3 is 10.2 Å². The number of nitrogens with zero attached hydrogens (tertiary/aromatic N) is 1. The van der Waals surface area contributed by atoms with Crippen LogP contribution in [0.5, 0.6) is 0 Å². The molecule has 0 saturated carbocycles. The zero-order valence-corrected chi connectivity index (χ0v) is 11.5. The Bertz CT molecular complexity index is 450. The molecule has 0 aromatic heterocycles. The zero-order valence-electron chi connectivity index (χ0n) is 10.7. The number of hydrogen-bond donors (Lipinski definition) is 1. The molecule has 1 aliphatic rings. The van der Waals surface area contributed by atoms with Crippen molar-refractivity contribution in [2.24, 2.45) is 0 Å². The predicted molar refractivity (Wildman–Crippen MR) is 71.6 cm³/mol. The molecule has 1 fully saturated rings. The molecule has 0 radical (unpaired) electrons. The van der Waals surface area contributed by atoms with Crippen molar-refractivity contribution in [3.63, 3.8) is 0 Å². The summed E-state index contributed by atoms with van der Waals surface area (Å²) < 4.78 is 26.6. The molecule has 1 atom stereocenters. The van der Waals surface area contributed by atoms with Crippen molar-refractivity contribution in [3.8, 4) is 0 Å². The Morgan fingerprint density at radius 2 is 2.16 bits per heavy atom. The van der Waals surface area contributed by atoms with E-state index in [0.29, 0.717) is 6.54 Å². The van der Waals surface area contributed by atoms with Crippen LogP contribution in [0.25, 0.3) is 0 Å². The monoisotopic (exact) mass is 290 g/mol. The van der Waals surface area contributed by atoms with Gasteiger partial charge in [-0.1, -0.05) is 0 Å². The van der Waals surface area contributed by atoms with E-state index in [1.54, 1.807) is 7.05 Å². The average molecular weight is 291 g/mol. The Labute approximate surface area is 117 Å². The lowest BCUT2D eigenvalue weighted by molar-refractivity contribution is 0.0703. The number of nitrogens with one attached hydrogen (secondary N) is 1. The van der Waals surface area contributed by atoms with Crippen molar-refractivity contribution in [2.45, 2.75) is 18.9 Å². The van der Waals surface area contributed by atoms with Crippen LogP contribution in [0, 0.1) is 11.6 Å². The van der Waals surface area contributed by atoms with Crippen LogP contribution in [-0.2, 0) is 0 Å². The van der Waals surface area contributed by atoms with E-state index >= 15 is 0 Å². The van der Waals surface area contributed by atoms with E-state index in [9.17, 15) is 13.6 Å². The van der Waals surface area contributed by atoms with Crippen LogP contribution < -0.4 is 5.32 Å². The number of piperidine rings is 1. The van der Waals surface area contributed by atoms with Crippen molar-refractivity contribution in [1.29, 1.82) is 0 Å². The topological polar surface area (TPSA) is 32.3 Å². The number of amides is 1. The van der Waals surface area contributed by atoms with Crippen molar-refractivity contribution in [1.82, 2.24) is 10.2 Å². The number of likely N-dealkylation sites (N-methyl/N-ethyl adjacent to an activating group) is 1. The average Bonchev–Trinajstić information content (AvgIpc) is 2.41. The number of benzene rings is 1. The maximum atomic E-state index is 13.5. The molecule has 3 nitrogen and oxygen atoms in total. The van der Waals surface area contributed by atoms with Gasteiger partial charge in [0, 0.05) is 19.6 Å². The molecule has 0 bridgehead atoms. The first-order valence-electron chi connectivity index (χ1n) is 6.02. The summed E-state index contributed by atoms with van der Waals surface area (Å²) in [6, 6.07) is 2.97.